The first kappa shape index (κ1) is 26.1. The summed E-state index contributed by atoms with van der Waals surface area (Å²) in [6.07, 6.45) is 5.20. The van der Waals surface area contributed by atoms with Gasteiger partial charge in [0.25, 0.3) is 5.91 Å². The lowest BCUT2D eigenvalue weighted by atomic mass is 10.0. The highest BCUT2D eigenvalue weighted by Crippen LogP contribution is 2.30. The van der Waals surface area contributed by atoms with Crippen molar-refractivity contribution in [2.45, 2.75) is 44.7 Å². The van der Waals surface area contributed by atoms with Gasteiger partial charge in [-0.3, -0.25) is 14.9 Å². The topological polar surface area (TPSA) is 117 Å². The van der Waals surface area contributed by atoms with Gasteiger partial charge in [0.2, 0.25) is 11.9 Å². The van der Waals surface area contributed by atoms with Crippen LogP contribution in [0.15, 0.2) is 72.8 Å². The minimum atomic E-state index is -0.339. The van der Waals surface area contributed by atoms with E-state index in [1.807, 2.05) is 53.1 Å². The average Bonchev–Trinajstić information content (AvgIpc) is 3.60. The number of rotatable bonds is 8. The van der Waals surface area contributed by atoms with Crippen molar-refractivity contribution in [2.75, 3.05) is 17.3 Å². The summed E-state index contributed by atoms with van der Waals surface area (Å²) < 4.78 is 1.90. The molecule has 198 valence electrons. The SMILES string of the molecule is CN(C(=O)CC1CCCC1)c1ccc2c(c1)nc(NC(=O)c1ccc(C#N)cc1)n2CC(N)c1ccccc1. The molecule has 0 spiro atoms. The fraction of sp³-hybridized carbons (Fsp3) is 0.290. The van der Waals surface area contributed by atoms with E-state index in [9.17, 15) is 9.59 Å². The summed E-state index contributed by atoms with van der Waals surface area (Å²) in [5.41, 5.74) is 10.6. The molecule has 1 aliphatic rings. The van der Waals surface area contributed by atoms with Crippen LogP contribution < -0.4 is 16.0 Å². The van der Waals surface area contributed by atoms with Gasteiger partial charge in [0.05, 0.1) is 22.7 Å². The fourth-order valence-electron chi connectivity index (χ4n) is 5.22. The molecule has 0 bridgehead atoms. The molecule has 8 heteroatoms. The molecule has 4 aromatic rings. The summed E-state index contributed by atoms with van der Waals surface area (Å²) in [5.74, 6) is 0.587. The zero-order valence-electron chi connectivity index (χ0n) is 22.0. The van der Waals surface area contributed by atoms with Gasteiger partial charge >= 0.3 is 0 Å². The third-order valence-corrected chi connectivity index (χ3v) is 7.54. The van der Waals surface area contributed by atoms with Gasteiger partial charge in [0, 0.05) is 37.3 Å². The summed E-state index contributed by atoms with van der Waals surface area (Å²) in [6, 6.07) is 23.7. The third kappa shape index (κ3) is 5.84. The van der Waals surface area contributed by atoms with Crippen LogP contribution >= 0.6 is 0 Å². The molecule has 3 N–H and O–H groups in total. The van der Waals surface area contributed by atoms with Crippen molar-refractivity contribution in [2.24, 2.45) is 11.7 Å². The molecule has 8 nitrogen and oxygen atoms in total. The number of anilines is 2. The molecule has 3 aromatic carbocycles. The van der Waals surface area contributed by atoms with Crippen LogP contribution in [0.2, 0.25) is 0 Å². The quantitative estimate of drug-likeness (QED) is 0.322. The van der Waals surface area contributed by atoms with Crippen LogP contribution in [0.4, 0.5) is 11.6 Å². The van der Waals surface area contributed by atoms with Gasteiger partial charge < -0.3 is 15.2 Å². The number of hydrogen-bond donors (Lipinski definition) is 2. The van der Waals surface area contributed by atoms with Gasteiger partial charge in [0.1, 0.15) is 0 Å². The van der Waals surface area contributed by atoms with Crippen molar-refractivity contribution in [1.82, 2.24) is 9.55 Å². The summed E-state index contributed by atoms with van der Waals surface area (Å²) in [7, 11) is 1.80. The van der Waals surface area contributed by atoms with Crippen molar-refractivity contribution >= 4 is 34.5 Å². The van der Waals surface area contributed by atoms with Crippen LogP contribution in [0.25, 0.3) is 11.0 Å². The van der Waals surface area contributed by atoms with Gasteiger partial charge in [-0.25, -0.2) is 4.98 Å². The van der Waals surface area contributed by atoms with E-state index in [1.54, 1.807) is 36.2 Å². The van der Waals surface area contributed by atoms with E-state index in [4.69, 9.17) is 16.0 Å². The number of imidazole rings is 1. The Bertz CT molecular complexity index is 1510. The van der Waals surface area contributed by atoms with E-state index < -0.39 is 0 Å². The van der Waals surface area contributed by atoms with Crippen molar-refractivity contribution in [1.29, 1.82) is 5.26 Å². The highest BCUT2D eigenvalue weighted by atomic mass is 16.2. The maximum absolute atomic E-state index is 13.1. The molecule has 1 atom stereocenters. The van der Waals surface area contributed by atoms with Crippen LogP contribution in [-0.2, 0) is 11.3 Å². The monoisotopic (exact) mass is 520 g/mol. The Morgan fingerprint density at radius 1 is 1.10 bits per heavy atom. The van der Waals surface area contributed by atoms with Crippen molar-refractivity contribution in [3.05, 3.63) is 89.5 Å². The van der Waals surface area contributed by atoms with Crippen LogP contribution in [0.5, 0.6) is 0 Å². The highest BCUT2D eigenvalue weighted by Gasteiger charge is 2.23. The van der Waals surface area contributed by atoms with Crippen LogP contribution in [0, 0.1) is 17.2 Å². The Labute approximate surface area is 228 Å². The van der Waals surface area contributed by atoms with E-state index in [-0.39, 0.29) is 17.9 Å². The Balaban J connectivity index is 1.45. The molecule has 1 heterocycles. The molecule has 39 heavy (non-hydrogen) atoms. The minimum Gasteiger partial charge on any atom is -0.322 e. The number of fused-ring (bicyclic) bond motifs is 1. The first-order valence-electron chi connectivity index (χ1n) is 13.3. The van der Waals surface area contributed by atoms with Gasteiger partial charge in [0.15, 0.2) is 0 Å². The van der Waals surface area contributed by atoms with Gasteiger partial charge in [-0.15, -0.1) is 0 Å². The highest BCUT2D eigenvalue weighted by molar-refractivity contribution is 6.04. The Morgan fingerprint density at radius 3 is 2.51 bits per heavy atom. The number of aromatic nitrogens is 2. The number of benzene rings is 3. The predicted octanol–water partition coefficient (Wildman–Crippen LogP) is 5.40. The normalized spacial score (nSPS) is 14.2. The summed E-state index contributed by atoms with van der Waals surface area (Å²) >= 11 is 0. The van der Waals surface area contributed by atoms with Crippen molar-refractivity contribution < 1.29 is 9.59 Å². The zero-order valence-corrected chi connectivity index (χ0v) is 22.0. The molecule has 1 saturated carbocycles. The van der Waals surface area contributed by atoms with E-state index >= 15 is 0 Å². The van der Waals surface area contributed by atoms with Gasteiger partial charge in [-0.2, -0.15) is 5.26 Å². The molecule has 0 saturated heterocycles. The number of nitriles is 1. The lowest BCUT2D eigenvalue weighted by molar-refractivity contribution is -0.119. The molecule has 1 aliphatic carbocycles. The van der Waals surface area contributed by atoms with Crippen LogP contribution in [0.1, 0.15) is 59.6 Å². The number of carbonyl (C=O) groups is 2. The summed E-state index contributed by atoms with van der Waals surface area (Å²) in [5, 5.41) is 12.0. The summed E-state index contributed by atoms with van der Waals surface area (Å²) in [6.45, 7) is 0.388. The molecular weight excluding hydrogens is 488 g/mol. The molecular formula is C31H32N6O2. The Hall–Kier alpha value is -4.48. The van der Waals surface area contributed by atoms with E-state index in [0.717, 1.165) is 29.6 Å². The molecule has 1 unspecified atom stereocenters. The Morgan fingerprint density at radius 2 is 1.82 bits per heavy atom. The Kier molecular flexibility index (Phi) is 7.71. The number of nitrogens with zero attached hydrogens (tertiary/aromatic N) is 4. The van der Waals surface area contributed by atoms with Gasteiger partial charge in [-0.05, 0) is 66.8 Å². The van der Waals surface area contributed by atoms with E-state index in [1.165, 1.54) is 12.8 Å². The number of carbonyl (C=O) groups excluding carboxylic acids is 2. The molecule has 0 aliphatic heterocycles. The maximum Gasteiger partial charge on any atom is 0.257 e. The second-order valence-corrected chi connectivity index (χ2v) is 10.2. The van der Waals surface area contributed by atoms with E-state index in [2.05, 4.69) is 11.4 Å². The molecule has 2 amide bonds. The van der Waals surface area contributed by atoms with E-state index in [0.29, 0.717) is 41.5 Å². The second kappa shape index (κ2) is 11.5. The van der Waals surface area contributed by atoms with Crippen molar-refractivity contribution in [3.8, 4) is 6.07 Å². The summed E-state index contributed by atoms with van der Waals surface area (Å²) in [4.78, 5) is 32.5. The minimum absolute atomic E-state index is 0.0983. The average molecular weight is 521 g/mol. The maximum atomic E-state index is 13.1. The smallest absolute Gasteiger partial charge is 0.257 e. The lowest BCUT2D eigenvalue weighted by Gasteiger charge is -2.20. The lowest BCUT2D eigenvalue weighted by Crippen LogP contribution is -2.27. The predicted molar refractivity (Wildman–Crippen MR) is 152 cm³/mol. The van der Waals surface area contributed by atoms with Gasteiger partial charge in [-0.1, -0.05) is 43.2 Å². The first-order valence-corrected chi connectivity index (χ1v) is 13.3. The molecule has 1 aromatic heterocycles. The largest absolute Gasteiger partial charge is 0.322 e. The number of amides is 2. The third-order valence-electron chi connectivity index (χ3n) is 7.54. The fourth-order valence-corrected chi connectivity index (χ4v) is 5.22. The molecule has 1 fully saturated rings. The zero-order chi connectivity index (χ0) is 27.4. The molecule has 5 rings (SSSR count). The first-order chi connectivity index (χ1) is 18.9. The number of nitrogens with one attached hydrogen (secondary N) is 1. The standard InChI is InChI=1S/C31H32N6O2/c1-36(29(38)17-21-7-5-6-8-21)25-15-16-28-27(18-25)34-31(35-30(39)24-13-11-22(19-32)12-14-24)37(28)20-26(33)23-9-3-2-4-10-23/h2-4,9-16,18,21,26H,5-8,17,20,33H2,1H3,(H,34,35,39). The van der Waals surface area contributed by atoms with Crippen LogP contribution in [0.3, 0.4) is 0 Å². The van der Waals surface area contributed by atoms with Crippen LogP contribution in [-0.4, -0.2) is 28.4 Å². The number of nitrogens with two attached hydrogens (primary N) is 1. The number of hydrogen-bond acceptors (Lipinski definition) is 5. The van der Waals surface area contributed by atoms with Crippen molar-refractivity contribution in [3.63, 3.8) is 0 Å². The second-order valence-electron chi connectivity index (χ2n) is 10.2. The molecule has 0 radical (unpaired) electrons.